The lowest BCUT2D eigenvalue weighted by Crippen LogP contribution is -2.20. The summed E-state index contributed by atoms with van der Waals surface area (Å²) in [6.45, 7) is 0. The van der Waals surface area contributed by atoms with E-state index in [0.29, 0.717) is 23.8 Å². The first-order valence-corrected chi connectivity index (χ1v) is 7.71. The molecule has 1 aromatic rings. The largest absolute Gasteiger partial charge is 0.493 e. The van der Waals surface area contributed by atoms with E-state index in [0.717, 1.165) is 17.5 Å². The molecule has 0 saturated heterocycles. The number of rotatable bonds is 5. The van der Waals surface area contributed by atoms with Crippen molar-refractivity contribution in [2.45, 2.75) is 32.1 Å². The summed E-state index contributed by atoms with van der Waals surface area (Å²) in [7, 11) is 3.20. The van der Waals surface area contributed by atoms with Gasteiger partial charge < -0.3 is 14.8 Å². The van der Waals surface area contributed by atoms with E-state index in [4.69, 9.17) is 9.47 Å². The molecule has 0 radical (unpaired) electrons. The predicted octanol–water partition coefficient (Wildman–Crippen LogP) is 3.47. The summed E-state index contributed by atoms with van der Waals surface area (Å²) in [5.41, 5.74) is 0.765. The number of hydrogen-bond acceptors (Lipinski definition) is 3. The van der Waals surface area contributed by atoms with Gasteiger partial charge in [0.15, 0.2) is 11.5 Å². The maximum absolute atomic E-state index is 12.2. The summed E-state index contributed by atoms with van der Waals surface area (Å²) in [6.07, 6.45) is 5.92. The third kappa shape index (κ3) is 2.99. The van der Waals surface area contributed by atoms with Crippen molar-refractivity contribution < 1.29 is 14.3 Å². The van der Waals surface area contributed by atoms with E-state index in [2.05, 4.69) is 5.32 Å². The van der Waals surface area contributed by atoms with Crippen LogP contribution in [-0.2, 0) is 4.79 Å². The summed E-state index contributed by atoms with van der Waals surface area (Å²) < 4.78 is 10.5. The zero-order chi connectivity index (χ0) is 14.8. The van der Waals surface area contributed by atoms with Crippen LogP contribution in [0.25, 0.3) is 0 Å². The monoisotopic (exact) mass is 289 g/mol. The van der Waals surface area contributed by atoms with Crippen molar-refractivity contribution in [2.24, 2.45) is 17.8 Å². The van der Waals surface area contributed by atoms with Crippen molar-refractivity contribution in [1.82, 2.24) is 0 Å². The van der Waals surface area contributed by atoms with Gasteiger partial charge in [0.05, 0.1) is 14.2 Å². The van der Waals surface area contributed by atoms with Crippen LogP contribution in [-0.4, -0.2) is 20.1 Å². The zero-order valence-corrected chi connectivity index (χ0v) is 12.7. The van der Waals surface area contributed by atoms with E-state index in [-0.39, 0.29) is 5.91 Å². The number of hydrogen-bond donors (Lipinski definition) is 1. The van der Waals surface area contributed by atoms with Gasteiger partial charge in [0, 0.05) is 18.2 Å². The van der Waals surface area contributed by atoms with Crippen LogP contribution in [0, 0.1) is 17.8 Å². The highest BCUT2D eigenvalue weighted by molar-refractivity contribution is 5.91. The van der Waals surface area contributed by atoms with Crippen LogP contribution in [0.3, 0.4) is 0 Å². The Bertz CT molecular complexity index is 529. The molecule has 4 heteroatoms. The van der Waals surface area contributed by atoms with Crippen LogP contribution in [0.5, 0.6) is 11.5 Å². The second-order valence-corrected chi connectivity index (χ2v) is 6.26. The van der Waals surface area contributed by atoms with Crippen LogP contribution in [0.4, 0.5) is 5.69 Å². The van der Waals surface area contributed by atoms with Gasteiger partial charge in [0.2, 0.25) is 5.91 Å². The number of ether oxygens (including phenoxy) is 2. The topological polar surface area (TPSA) is 47.6 Å². The quantitative estimate of drug-likeness (QED) is 0.903. The molecular weight excluding hydrogens is 266 g/mol. The number of benzene rings is 1. The fourth-order valence-electron chi connectivity index (χ4n) is 3.99. The minimum Gasteiger partial charge on any atom is -0.493 e. The second kappa shape index (κ2) is 5.96. The van der Waals surface area contributed by atoms with Crippen molar-refractivity contribution >= 4 is 11.6 Å². The van der Waals surface area contributed by atoms with Crippen molar-refractivity contribution in [3.8, 4) is 11.5 Å². The first-order valence-electron chi connectivity index (χ1n) is 7.71. The number of carbonyl (C=O) groups is 1. The minimum atomic E-state index is 0.111. The molecule has 21 heavy (non-hydrogen) atoms. The molecule has 114 valence electrons. The molecule has 1 aromatic carbocycles. The lowest BCUT2D eigenvalue weighted by atomic mass is 9.86. The van der Waals surface area contributed by atoms with E-state index in [1.807, 2.05) is 12.1 Å². The van der Waals surface area contributed by atoms with Gasteiger partial charge in [0.25, 0.3) is 0 Å². The van der Waals surface area contributed by atoms with Crippen LogP contribution >= 0.6 is 0 Å². The SMILES string of the molecule is COc1ccc(NC(=O)C[C@H]2C[C@@H]3CC[C@@H]2C3)cc1OC. The molecule has 0 heterocycles. The molecule has 3 atom stereocenters. The Morgan fingerprint density at radius 1 is 1.19 bits per heavy atom. The first-order chi connectivity index (χ1) is 10.2. The van der Waals surface area contributed by atoms with Crippen molar-refractivity contribution in [2.75, 3.05) is 19.5 Å². The second-order valence-electron chi connectivity index (χ2n) is 6.26. The van der Waals surface area contributed by atoms with Crippen LogP contribution in [0.1, 0.15) is 32.1 Å². The fraction of sp³-hybridized carbons (Fsp3) is 0.588. The van der Waals surface area contributed by atoms with Crippen LogP contribution in [0.2, 0.25) is 0 Å². The Kier molecular flexibility index (Phi) is 4.04. The average molecular weight is 289 g/mol. The van der Waals surface area contributed by atoms with Crippen LogP contribution in [0.15, 0.2) is 18.2 Å². The number of carbonyl (C=O) groups excluding carboxylic acids is 1. The van der Waals surface area contributed by atoms with Gasteiger partial charge in [0.1, 0.15) is 0 Å². The van der Waals surface area contributed by atoms with E-state index in [1.165, 1.54) is 25.7 Å². The van der Waals surface area contributed by atoms with Crippen molar-refractivity contribution in [3.63, 3.8) is 0 Å². The lowest BCUT2D eigenvalue weighted by molar-refractivity contribution is -0.117. The Labute approximate surface area is 125 Å². The van der Waals surface area contributed by atoms with Crippen molar-refractivity contribution in [3.05, 3.63) is 18.2 Å². The van der Waals surface area contributed by atoms with E-state index >= 15 is 0 Å². The summed E-state index contributed by atoms with van der Waals surface area (Å²) >= 11 is 0. The average Bonchev–Trinajstić information content (AvgIpc) is 3.09. The Hall–Kier alpha value is -1.71. The maximum Gasteiger partial charge on any atom is 0.224 e. The minimum absolute atomic E-state index is 0.111. The smallest absolute Gasteiger partial charge is 0.224 e. The molecule has 3 rings (SSSR count). The summed E-state index contributed by atoms with van der Waals surface area (Å²) in [5.74, 6) is 3.67. The molecule has 0 aliphatic heterocycles. The molecule has 1 amide bonds. The van der Waals surface area contributed by atoms with Gasteiger partial charge in [-0.05, 0) is 49.1 Å². The molecule has 1 N–H and O–H groups in total. The molecule has 0 aromatic heterocycles. The van der Waals surface area contributed by atoms with E-state index < -0.39 is 0 Å². The summed E-state index contributed by atoms with van der Waals surface area (Å²) in [5, 5.41) is 2.98. The molecule has 2 fully saturated rings. The van der Waals surface area contributed by atoms with E-state index in [1.54, 1.807) is 20.3 Å². The Morgan fingerprint density at radius 3 is 2.62 bits per heavy atom. The molecule has 2 aliphatic carbocycles. The number of methoxy groups -OCH3 is 2. The standard InChI is InChI=1S/C17H23NO3/c1-20-15-6-5-14(10-16(15)21-2)18-17(19)9-13-8-11-3-4-12(13)7-11/h5-6,10-13H,3-4,7-9H2,1-2H3,(H,18,19)/t11-,12-,13-/m1/s1. The third-order valence-electron chi connectivity index (χ3n) is 5.00. The van der Waals surface area contributed by atoms with Gasteiger partial charge in [-0.2, -0.15) is 0 Å². The van der Waals surface area contributed by atoms with Crippen molar-refractivity contribution in [1.29, 1.82) is 0 Å². The predicted molar refractivity (Wildman–Crippen MR) is 81.7 cm³/mol. The Balaban J connectivity index is 1.59. The molecule has 4 nitrogen and oxygen atoms in total. The van der Waals surface area contributed by atoms with Gasteiger partial charge in [-0.25, -0.2) is 0 Å². The number of fused-ring (bicyclic) bond motifs is 2. The molecule has 0 unspecified atom stereocenters. The van der Waals surface area contributed by atoms with Crippen LogP contribution < -0.4 is 14.8 Å². The van der Waals surface area contributed by atoms with Gasteiger partial charge >= 0.3 is 0 Å². The van der Waals surface area contributed by atoms with Gasteiger partial charge in [-0.3, -0.25) is 4.79 Å². The zero-order valence-electron chi connectivity index (χ0n) is 12.7. The normalized spacial score (nSPS) is 26.7. The first kappa shape index (κ1) is 14.2. The molecule has 2 saturated carbocycles. The highest BCUT2D eigenvalue weighted by Crippen LogP contribution is 2.49. The lowest BCUT2D eigenvalue weighted by Gasteiger charge is -2.21. The summed E-state index contributed by atoms with van der Waals surface area (Å²) in [4.78, 5) is 12.2. The highest BCUT2D eigenvalue weighted by Gasteiger charge is 2.40. The van der Waals surface area contributed by atoms with Gasteiger partial charge in [-0.15, -0.1) is 0 Å². The fourth-order valence-corrected chi connectivity index (χ4v) is 3.99. The molecule has 2 bridgehead atoms. The highest BCUT2D eigenvalue weighted by atomic mass is 16.5. The molecule has 2 aliphatic rings. The summed E-state index contributed by atoms with van der Waals surface area (Å²) in [6, 6.07) is 5.46. The van der Waals surface area contributed by atoms with E-state index in [9.17, 15) is 4.79 Å². The number of nitrogens with one attached hydrogen (secondary N) is 1. The third-order valence-corrected chi connectivity index (χ3v) is 5.00. The van der Waals surface area contributed by atoms with Gasteiger partial charge in [-0.1, -0.05) is 6.42 Å². The number of anilines is 1. The number of amides is 1. The Morgan fingerprint density at radius 2 is 2.00 bits per heavy atom. The molecular formula is C17H23NO3. The maximum atomic E-state index is 12.2. The molecule has 0 spiro atoms.